The standard InChI is InChI=1S/C14H8F5NO2/c15-9-3-6-11(16)12(7-9)20-13(21)8-1-4-10(5-2-8)22-14(17,18)19/h1-7H,(H,20,21). The van der Waals surface area contributed by atoms with E-state index in [1.54, 1.807) is 0 Å². The first-order valence-electron chi connectivity index (χ1n) is 5.87. The number of hydrogen-bond donors (Lipinski definition) is 1. The van der Waals surface area contributed by atoms with Crippen LogP contribution in [0.25, 0.3) is 0 Å². The van der Waals surface area contributed by atoms with Gasteiger partial charge in [0.15, 0.2) is 0 Å². The molecule has 0 heterocycles. The molecule has 0 aliphatic carbocycles. The van der Waals surface area contributed by atoms with Crippen LogP contribution >= 0.6 is 0 Å². The van der Waals surface area contributed by atoms with Crippen LogP contribution in [0.4, 0.5) is 27.6 Å². The fourth-order valence-corrected chi connectivity index (χ4v) is 1.60. The molecule has 0 saturated carbocycles. The van der Waals surface area contributed by atoms with Gasteiger partial charge in [-0.05, 0) is 36.4 Å². The molecule has 8 heteroatoms. The molecule has 3 nitrogen and oxygen atoms in total. The second kappa shape index (κ2) is 6.00. The lowest BCUT2D eigenvalue weighted by Crippen LogP contribution is -2.17. The van der Waals surface area contributed by atoms with Crippen molar-refractivity contribution in [3.63, 3.8) is 0 Å². The maximum atomic E-state index is 13.4. The highest BCUT2D eigenvalue weighted by Gasteiger charge is 2.31. The van der Waals surface area contributed by atoms with E-state index in [4.69, 9.17) is 0 Å². The molecule has 2 aromatic rings. The van der Waals surface area contributed by atoms with E-state index in [1.165, 1.54) is 0 Å². The van der Waals surface area contributed by atoms with Gasteiger partial charge in [-0.3, -0.25) is 4.79 Å². The van der Waals surface area contributed by atoms with E-state index in [1.807, 2.05) is 0 Å². The first-order chi connectivity index (χ1) is 10.2. The van der Waals surface area contributed by atoms with Crippen LogP contribution in [0.3, 0.4) is 0 Å². The van der Waals surface area contributed by atoms with E-state index in [0.717, 1.165) is 42.5 Å². The lowest BCUT2D eigenvalue weighted by atomic mass is 10.2. The minimum Gasteiger partial charge on any atom is -0.406 e. The smallest absolute Gasteiger partial charge is 0.406 e. The molecule has 0 saturated heterocycles. The van der Waals surface area contributed by atoms with Gasteiger partial charge in [-0.1, -0.05) is 0 Å². The fraction of sp³-hybridized carbons (Fsp3) is 0.0714. The predicted molar refractivity (Wildman–Crippen MR) is 67.4 cm³/mol. The zero-order valence-corrected chi connectivity index (χ0v) is 10.7. The molecule has 0 aromatic heterocycles. The number of halogens is 5. The Hall–Kier alpha value is -2.64. The Labute approximate surface area is 121 Å². The summed E-state index contributed by atoms with van der Waals surface area (Å²) in [5, 5.41) is 2.12. The van der Waals surface area contributed by atoms with Crippen LogP contribution in [0.1, 0.15) is 10.4 Å². The number of ether oxygens (including phenoxy) is 1. The van der Waals surface area contributed by atoms with Gasteiger partial charge in [0.2, 0.25) is 0 Å². The third-order valence-corrected chi connectivity index (χ3v) is 2.53. The Bertz CT molecular complexity index is 683. The quantitative estimate of drug-likeness (QED) is 0.865. The maximum absolute atomic E-state index is 13.4. The summed E-state index contributed by atoms with van der Waals surface area (Å²) in [6, 6.07) is 6.50. The molecule has 0 radical (unpaired) electrons. The van der Waals surface area contributed by atoms with Crippen molar-refractivity contribution in [1.29, 1.82) is 0 Å². The lowest BCUT2D eigenvalue weighted by Gasteiger charge is -2.10. The van der Waals surface area contributed by atoms with Crippen LogP contribution in [0, 0.1) is 11.6 Å². The molecule has 0 aliphatic rings. The van der Waals surface area contributed by atoms with Crippen molar-refractivity contribution >= 4 is 11.6 Å². The van der Waals surface area contributed by atoms with Gasteiger partial charge in [0.25, 0.3) is 5.91 Å². The van der Waals surface area contributed by atoms with E-state index in [0.29, 0.717) is 0 Å². The molecule has 1 amide bonds. The summed E-state index contributed by atoms with van der Waals surface area (Å²) in [5.74, 6) is -2.89. The second-order valence-electron chi connectivity index (χ2n) is 4.15. The maximum Gasteiger partial charge on any atom is 0.573 e. The van der Waals surface area contributed by atoms with Crippen LogP contribution in [0.15, 0.2) is 42.5 Å². The summed E-state index contributed by atoms with van der Waals surface area (Å²) in [5.41, 5.74) is -0.418. The van der Waals surface area contributed by atoms with Crippen molar-refractivity contribution in [2.75, 3.05) is 5.32 Å². The number of rotatable bonds is 3. The topological polar surface area (TPSA) is 38.3 Å². The van der Waals surface area contributed by atoms with Crippen molar-refractivity contribution in [2.45, 2.75) is 6.36 Å². The van der Waals surface area contributed by atoms with Crippen LogP contribution < -0.4 is 10.1 Å². The SMILES string of the molecule is O=C(Nc1cc(F)ccc1F)c1ccc(OC(F)(F)F)cc1. The van der Waals surface area contributed by atoms with Crippen molar-refractivity contribution < 1.29 is 31.5 Å². The number of alkyl halides is 3. The predicted octanol–water partition coefficient (Wildman–Crippen LogP) is 4.12. The molecule has 0 atom stereocenters. The molecule has 0 fully saturated rings. The molecule has 2 aromatic carbocycles. The minimum absolute atomic E-state index is 0.0433. The van der Waals surface area contributed by atoms with Crippen molar-refractivity contribution in [2.24, 2.45) is 0 Å². The number of amides is 1. The van der Waals surface area contributed by atoms with E-state index in [-0.39, 0.29) is 11.3 Å². The molecule has 0 aliphatic heterocycles. The summed E-state index contributed by atoms with van der Waals surface area (Å²) in [7, 11) is 0. The monoisotopic (exact) mass is 317 g/mol. The molecule has 0 unspecified atom stereocenters. The minimum atomic E-state index is -4.84. The molecule has 0 bridgehead atoms. The van der Waals surface area contributed by atoms with E-state index in [9.17, 15) is 26.7 Å². The van der Waals surface area contributed by atoms with E-state index in [2.05, 4.69) is 10.1 Å². The van der Waals surface area contributed by atoms with Gasteiger partial charge in [0.1, 0.15) is 17.4 Å². The van der Waals surface area contributed by atoms with E-state index >= 15 is 0 Å². The summed E-state index contributed by atoms with van der Waals surface area (Å²) in [6.45, 7) is 0. The molecule has 2 rings (SSSR count). The zero-order valence-electron chi connectivity index (χ0n) is 10.7. The van der Waals surface area contributed by atoms with Crippen LogP contribution in [0.2, 0.25) is 0 Å². The molecular formula is C14H8F5NO2. The summed E-state index contributed by atoms with van der Waals surface area (Å²) < 4.78 is 66.0. The molecule has 0 spiro atoms. The highest BCUT2D eigenvalue weighted by molar-refractivity contribution is 6.04. The average molecular weight is 317 g/mol. The number of hydrogen-bond acceptors (Lipinski definition) is 2. The summed E-state index contributed by atoms with van der Waals surface area (Å²) in [6.07, 6.45) is -4.84. The van der Waals surface area contributed by atoms with Gasteiger partial charge in [-0.25, -0.2) is 8.78 Å². The fourth-order valence-electron chi connectivity index (χ4n) is 1.60. The lowest BCUT2D eigenvalue weighted by molar-refractivity contribution is -0.274. The van der Waals surface area contributed by atoms with Crippen molar-refractivity contribution in [3.05, 3.63) is 59.7 Å². The summed E-state index contributed by atoms with van der Waals surface area (Å²) >= 11 is 0. The summed E-state index contributed by atoms with van der Waals surface area (Å²) in [4.78, 5) is 11.8. The van der Waals surface area contributed by atoms with Crippen LogP contribution in [-0.2, 0) is 0 Å². The third-order valence-electron chi connectivity index (χ3n) is 2.53. The Kier molecular flexibility index (Phi) is 4.30. The van der Waals surface area contributed by atoms with Gasteiger partial charge in [-0.2, -0.15) is 0 Å². The Balaban J connectivity index is 2.11. The van der Waals surface area contributed by atoms with Gasteiger partial charge < -0.3 is 10.1 Å². The van der Waals surface area contributed by atoms with Crippen LogP contribution in [0.5, 0.6) is 5.75 Å². The first-order valence-corrected chi connectivity index (χ1v) is 5.87. The molecule has 1 N–H and O–H groups in total. The first kappa shape index (κ1) is 15.7. The third kappa shape index (κ3) is 4.18. The van der Waals surface area contributed by atoms with Gasteiger partial charge >= 0.3 is 6.36 Å². The highest BCUT2D eigenvalue weighted by atomic mass is 19.4. The van der Waals surface area contributed by atoms with E-state index < -0.39 is 29.7 Å². The van der Waals surface area contributed by atoms with Crippen molar-refractivity contribution in [1.82, 2.24) is 0 Å². The average Bonchev–Trinajstić information content (AvgIpc) is 2.42. The second-order valence-corrected chi connectivity index (χ2v) is 4.15. The van der Waals surface area contributed by atoms with Gasteiger partial charge in [0.05, 0.1) is 5.69 Å². The highest BCUT2D eigenvalue weighted by Crippen LogP contribution is 2.23. The van der Waals surface area contributed by atoms with Crippen molar-refractivity contribution in [3.8, 4) is 5.75 Å². The Morgan fingerprint density at radius 1 is 1.00 bits per heavy atom. The number of nitrogens with one attached hydrogen (secondary N) is 1. The Morgan fingerprint density at radius 3 is 2.23 bits per heavy atom. The normalized spacial score (nSPS) is 11.1. The number of anilines is 1. The molecular weight excluding hydrogens is 309 g/mol. The Morgan fingerprint density at radius 2 is 1.64 bits per heavy atom. The molecule has 22 heavy (non-hydrogen) atoms. The molecule has 116 valence electrons. The number of carbonyl (C=O) groups excluding carboxylic acids is 1. The van der Waals surface area contributed by atoms with Gasteiger partial charge in [0, 0.05) is 11.6 Å². The van der Waals surface area contributed by atoms with Crippen LogP contribution in [-0.4, -0.2) is 12.3 Å². The van der Waals surface area contributed by atoms with Gasteiger partial charge in [-0.15, -0.1) is 13.2 Å². The number of carbonyl (C=O) groups is 1. The number of benzene rings is 2. The zero-order chi connectivity index (χ0) is 16.3. The largest absolute Gasteiger partial charge is 0.573 e.